The van der Waals surface area contributed by atoms with Gasteiger partial charge in [0.25, 0.3) is 0 Å². The average Bonchev–Trinajstić information content (AvgIpc) is 3.41. The zero-order valence-corrected chi connectivity index (χ0v) is 26.0. The van der Waals surface area contributed by atoms with Crippen LogP contribution in [0.15, 0.2) is 59.6 Å². The standard InChI is InChI=1S/C36H48N2O3/c1-8-35(3,4)27-20-26(34(40)31(21-27)36(5,6)9-2)22-37-23-28-15-13-19-38(28)24-25-14-12-17-30(33(25)39)29-16-10-11-18-32(29)41-7/h10-12,14,16-18,20-22,28,39-40H,8-9,13,15,19,23-24H2,1-7H3/t28-/m0/s1. The fourth-order valence-electron chi connectivity index (χ4n) is 5.66. The SMILES string of the molecule is CCC(C)(C)c1cc(C=NC[C@@H]2CCCN2Cc2cccc(-c3ccccc3OC)c2O)c(O)c(C(C)(C)CC)c1. The summed E-state index contributed by atoms with van der Waals surface area (Å²) in [6.45, 7) is 15.6. The Morgan fingerprint density at radius 2 is 1.63 bits per heavy atom. The monoisotopic (exact) mass is 556 g/mol. The number of nitrogens with zero attached hydrogens (tertiary/aromatic N) is 2. The Morgan fingerprint density at radius 1 is 0.927 bits per heavy atom. The summed E-state index contributed by atoms with van der Waals surface area (Å²) in [7, 11) is 1.65. The Labute approximate surface area is 246 Å². The summed E-state index contributed by atoms with van der Waals surface area (Å²) in [6, 6.07) is 18.3. The molecule has 5 heteroatoms. The van der Waals surface area contributed by atoms with Crippen molar-refractivity contribution in [1.29, 1.82) is 0 Å². The van der Waals surface area contributed by atoms with Crippen LogP contribution in [-0.2, 0) is 17.4 Å². The van der Waals surface area contributed by atoms with Crippen molar-refractivity contribution in [2.75, 3.05) is 20.2 Å². The second-order valence-electron chi connectivity index (χ2n) is 12.7. The number of likely N-dealkylation sites (tertiary alicyclic amines) is 1. The van der Waals surface area contributed by atoms with Gasteiger partial charge in [-0.15, -0.1) is 0 Å². The van der Waals surface area contributed by atoms with Gasteiger partial charge in [0.2, 0.25) is 0 Å². The molecule has 0 spiro atoms. The van der Waals surface area contributed by atoms with E-state index in [0.29, 0.717) is 24.6 Å². The Morgan fingerprint density at radius 3 is 2.34 bits per heavy atom. The molecule has 1 heterocycles. The number of phenols is 2. The van der Waals surface area contributed by atoms with Crippen molar-refractivity contribution < 1.29 is 14.9 Å². The molecule has 1 saturated heterocycles. The quantitative estimate of drug-likeness (QED) is 0.234. The number of hydrogen-bond acceptors (Lipinski definition) is 5. The first-order chi connectivity index (χ1) is 19.5. The van der Waals surface area contributed by atoms with Gasteiger partial charge in [-0.3, -0.25) is 9.89 Å². The second kappa shape index (κ2) is 12.7. The molecule has 3 aromatic carbocycles. The van der Waals surface area contributed by atoms with Crippen LogP contribution in [0.5, 0.6) is 17.2 Å². The van der Waals surface area contributed by atoms with E-state index in [-0.39, 0.29) is 16.9 Å². The first-order valence-corrected chi connectivity index (χ1v) is 15.1. The van der Waals surface area contributed by atoms with Crippen LogP contribution in [0.4, 0.5) is 0 Å². The van der Waals surface area contributed by atoms with Crippen LogP contribution in [0.3, 0.4) is 0 Å². The molecule has 1 aliphatic rings. The van der Waals surface area contributed by atoms with Crippen molar-refractivity contribution in [1.82, 2.24) is 4.90 Å². The molecule has 0 unspecified atom stereocenters. The predicted molar refractivity (Wildman–Crippen MR) is 171 cm³/mol. The summed E-state index contributed by atoms with van der Waals surface area (Å²) in [5, 5.41) is 22.6. The van der Waals surface area contributed by atoms with Crippen LogP contribution < -0.4 is 4.74 Å². The van der Waals surface area contributed by atoms with E-state index in [2.05, 4.69) is 58.6 Å². The fraction of sp³-hybridized carbons (Fsp3) is 0.472. The molecule has 2 N–H and O–H groups in total. The van der Waals surface area contributed by atoms with Gasteiger partial charge >= 0.3 is 0 Å². The lowest BCUT2D eigenvalue weighted by Crippen LogP contribution is -2.31. The number of aliphatic imine (C=N–C) groups is 1. The van der Waals surface area contributed by atoms with Crippen LogP contribution in [0.25, 0.3) is 11.1 Å². The first-order valence-electron chi connectivity index (χ1n) is 15.1. The molecule has 1 aliphatic heterocycles. The minimum absolute atomic E-state index is 0.0113. The highest BCUT2D eigenvalue weighted by Gasteiger charge is 2.29. The molecule has 0 bridgehead atoms. The number of para-hydroxylation sites is 2. The van der Waals surface area contributed by atoms with Crippen molar-refractivity contribution in [3.8, 4) is 28.4 Å². The highest BCUT2D eigenvalue weighted by atomic mass is 16.5. The van der Waals surface area contributed by atoms with Crippen molar-refractivity contribution in [3.63, 3.8) is 0 Å². The molecule has 4 rings (SSSR count). The summed E-state index contributed by atoms with van der Waals surface area (Å²) < 4.78 is 5.54. The van der Waals surface area contributed by atoms with Gasteiger partial charge in [-0.25, -0.2) is 0 Å². The number of benzene rings is 3. The zero-order chi connectivity index (χ0) is 29.8. The lowest BCUT2D eigenvalue weighted by atomic mass is 9.75. The van der Waals surface area contributed by atoms with E-state index in [9.17, 15) is 10.2 Å². The van der Waals surface area contributed by atoms with E-state index in [1.165, 1.54) is 5.56 Å². The van der Waals surface area contributed by atoms with E-state index in [1.54, 1.807) is 7.11 Å². The number of ether oxygens (including phenoxy) is 1. The van der Waals surface area contributed by atoms with Gasteiger partial charge in [0.15, 0.2) is 0 Å². The van der Waals surface area contributed by atoms with Crippen LogP contribution in [0.2, 0.25) is 0 Å². The molecule has 1 fully saturated rings. The largest absolute Gasteiger partial charge is 0.507 e. The third kappa shape index (κ3) is 6.62. The molecule has 5 nitrogen and oxygen atoms in total. The summed E-state index contributed by atoms with van der Waals surface area (Å²) >= 11 is 0. The van der Waals surface area contributed by atoms with Gasteiger partial charge in [-0.05, 0) is 60.8 Å². The smallest absolute Gasteiger partial charge is 0.128 e. The van der Waals surface area contributed by atoms with Crippen LogP contribution in [0, 0.1) is 0 Å². The Bertz CT molecular complexity index is 1380. The molecule has 220 valence electrons. The third-order valence-electron chi connectivity index (χ3n) is 9.35. The van der Waals surface area contributed by atoms with Crippen LogP contribution >= 0.6 is 0 Å². The van der Waals surface area contributed by atoms with E-state index in [0.717, 1.165) is 65.8 Å². The number of phenolic OH excluding ortho intramolecular Hbond substituents is 2. The van der Waals surface area contributed by atoms with Crippen molar-refractivity contribution in [2.24, 2.45) is 4.99 Å². The third-order valence-corrected chi connectivity index (χ3v) is 9.35. The van der Waals surface area contributed by atoms with E-state index in [4.69, 9.17) is 9.73 Å². The number of rotatable bonds is 11. The van der Waals surface area contributed by atoms with Crippen LogP contribution in [0.1, 0.15) is 89.5 Å². The number of aromatic hydroxyl groups is 2. The van der Waals surface area contributed by atoms with Gasteiger partial charge < -0.3 is 14.9 Å². The summed E-state index contributed by atoms with van der Waals surface area (Å²) in [5.41, 5.74) is 5.49. The minimum Gasteiger partial charge on any atom is -0.507 e. The molecule has 0 radical (unpaired) electrons. The molecular formula is C36H48N2O3. The number of hydrogen-bond donors (Lipinski definition) is 2. The lowest BCUT2D eigenvalue weighted by molar-refractivity contribution is 0.247. The molecule has 0 saturated carbocycles. The summed E-state index contributed by atoms with van der Waals surface area (Å²) in [6.07, 6.45) is 5.99. The van der Waals surface area contributed by atoms with E-state index < -0.39 is 0 Å². The molecule has 41 heavy (non-hydrogen) atoms. The molecule has 0 aliphatic carbocycles. The zero-order valence-electron chi connectivity index (χ0n) is 26.0. The highest BCUT2D eigenvalue weighted by molar-refractivity contribution is 5.85. The molecule has 0 aromatic heterocycles. The Balaban J connectivity index is 1.55. The normalized spacial score (nSPS) is 16.5. The van der Waals surface area contributed by atoms with Gasteiger partial charge in [0, 0.05) is 46.6 Å². The van der Waals surface area contributed by atoms with Crippen molar-refractivity contribution >= 4 is 6.21 Å². The van der Waals surface area contributed by atoms with Gasteiger partial charge in [-0.2, -0.15) is 0 Å². The Kier molecular flexibility index (Phi) is 9.48. The van der Waals surface area contributed by atoms with E-state index >= 15 is 0 Å². The fourth-order valence-corrected chi connectivity index (χ4v) is 5.66. The van der Waals surface area contributed by atoms with Crippen molar-refractivity contribution in [3.05, 3.63) is 76.9 Å². The maximum absolute atomic E-state index is 11.3. The molecule has 0 amide bonds. The predicted octanol–water partition coefficient (Wildman–Crippen LogP) is 8.23. The van der Waals surface area contributed by atoms with Gasteiger partial charge in [-0.1, -0.05) is 84.0 Å². The van der Waals surface area contributed by atoms with Crippen molar-refractivity contribution in [2.45, 2.75) is 90.6 Å². The average molecular weight is 557 g/mol. The first kappa shape index (κ1) is 30.6. The summed E-state index contributed by atoms with van der Waals surface area (Å²) in [5.74, 6) is 1.39. The van der Waals surface area contributed by atoms with Gasteiger partial charge in [0.1, 0.15) is 17.2 Å². The topological polar surface area (TPSA) is 65.3 Å². The lowest BCUT2D eigenvalue weighted by Gasteiger charge is -2.30. The number of methoxy groups -OCH3 is 1. The van der Waals surface area contributed by atoms with Crippen LogP contribution in [-0.4, -0.2) is 47.6 Å². The maximum Gasteiger partial charge on any atom is 0.128 e. The van der Waals surface area contributed by atoms with E-state index in [1.807, 2.05) is 48.7 Å². The van der Waals surface area contributed by atoms with Gasteiger partial charge in [0.05, 0.1) is 13.7 Å². The summed E-state index contributed by atoms with van der Waals surface area (Å²) in [4.78, 5) is 7.30. The minimum atomic E-state index is -0.130. The second-order valence-corrected chi connectivity index (χ2v) is 12.7. The molecular weight excluding hydrogens is 508 g/mol. The highest BCUT2D eigenvalue weighted by Crippen LogP contribution is 2.40. The molecule has 1 atom stereocenters. The Hall–Kier alpha value is -3.31. The maximum atomic E-state index is 11.3. The molecule has 3 aromatic rings.